The Morgan fingerprint density at radius 1 is 1.26 bits per heavy atom. The highest BCUT2D eigenvalue weighted by Gasteiger charge is 2.47. The normalized spacial score (nSPS) is 33.1. The number of piperidine rings is 1. The summed E-state index contributed by atoms with van der Waals surface area (Å²) in [4.78, 5) is 19.7. The maximum absolute atomic E-state index is 11.7. The highest BCUT2D eigenvalue weighted by atomic mass is 16.5. The van der Waals surface area contributed by atoms with Gasteiger partial charge in [0.1, 0.15) is 0 Å². The number of morpholine rings is 1. The number of fused-ring (bicyclic) bond motifs is 1. The lowest BCUT2D eigenvalue weighted by Gasteiger charge is -2.54. The van der Waals surface area contributed by atoms with E-state index in [0.717, 1.165) is 65.0 Å². The van der Waals surface area contributed by atoms with E-state index in [0.29, 0.717) is 6.04 Å². The van der Waals surface area contributed by atoms with Gasteiger partial charge in [0.05, 0.1) is 19.8 Å². The molecule has 7 nitrogen and oxygen atoms in total. The zero-order valence-electron chi connectivity index (χ0n) is 16.6. The maximum Gasteiger partial charge on any atom is 0.325 e. The second kappa shape index (κ2) is 8.47. The van der Waals surface area contributed by atoms with Crippen LogP contribution < -0.4 is 5.69 Å². The second-order valence-electron chi connectivity index (χ2n) is 8.59. The maximum atomic E-state index is 11.7. The average Bonchev–Trinajstić information content (AvgIpc) is 3.11. The fraction of sp³-hybridized carbons (Fsp3) is 0.850. The lowest BCUT2D eigenvalue weighted by molar-refractivity contribution is -0.0858. The van der Waals surface area contributed by atoms with Crippen LogP contribution >= 0.6 is 0 Å². The van der Waals surface area contributed by atoms with E-state index in [-0.39, 0.29) is 11.1 Å². The van der Waals surface area contributed by atoms with Crippen molar-refractivity contribution in [3.8, 4) is 0 Å². The van der Waals surface area contributed by atoms with E-state index in [1.807, 2.05) is 13.3 Å². The predicted octanol–water partition coefficient (Wildman–Crippen LogP) is 1.02. The summed E-state index contributed by atoms with van der Waals surface area (Å²) in [6, 6.07) is 0.717. The molecule has 1 saturated carbocycles. The average molecular weight is 379 g/mol. The Bertz CT molecular complexity index is 654. The lowest BCUT2D eigenvalue weighted by Crippen LogP contribution is -2.57. The Labute approximate surface area is 161 Å². The number of rotatable bonds is 6. The first-order chi connectivity index (χ1) is 13.2. The van der Waals surface area contributed by atoms with Crippen molar-refractivity contribution in [2.75, 3.05) is 59.7 Å². The van der Waals surface area contributed by atoms with Crippen molar-refractivity contribution in [1.82, 2.24) is 19.4 Å². The first-order valence-corrected chi connectivity index (χ1v) is 10.5. The van der Waals surface area contributed by atoms with Crippen molar-refractivity contribution >= 4 is 0 Å². The molecule has 152 valence electrons. The largest absolute Gasteiger partial charge is 0.384 e. The Morgan fingerprint density at radius 3 is 2.85 bits per heavy atom. The molecule has 3 aliphatic rings. The molecule has 4 rings (SSSR count). The Morgan fingerprint density at radius 2 is 2.11 bits per heavy atom. The van der Waals surface area contributed by atoms with Crippen LogP contribution in [0, 0.1) is 11.3 Å². The van der Waals surface area contributed by atoms with Crippen molar-refractivity contribution in [1.29, 1.82) is 0 Å². The third kappa shape index (κ3) is 4.16. The number of ether oxygens (including phenoxy) is 2. The van der Waals surface area contributed by atoms with Gasteiger partial charge < -0.3 is 19.4 Å². The van der Waals surface area contributed by atoms with Gasteiger partial charge in [0.15, 0.2) is 0 Å². The van der Waals surface area contributed by atoms with Gasteiger partial charge in [-0.05, 0) is 38.1 Å². The number of nitrogens with zero attached hydrogens (tertiary/aromatic N) is 3. The zero-order chi connectivity index (χ0) is 18.7. The molecule has 0 spiro atoms. The molecule has 3 fully saturated rings. The molecule has 2 saturated heterocycles. The van der Waals surface area contributed by atoms with E-state index in [9.17, 15) is 4.79 Å². The molecule has 1 aromatic heterocycles. The molecule has 3 heterocycles. The molecule has 0 unspecified atom stereocenters. The summed E-state index contributed by atoms with van der Waals surface area (Å²) < 4.78 is 13.0. The number of aromatic nitrogens is 2. The van der Waals surface area contributed by atoms with Crippen molar-refractivity contribution in [2.24, 2.45) is 11.3 Å². The van der Waals surface area contributed by atoms with E-state index in [1.165, 1.54) is 25.7 Å². The number of hydrogen-bond acceptors (Lipinski definition) is 5. The molecule has 1 N–H and O–H groups in total. The molecule has 0 bridgehead atoms. The van der Waals surface area contributed by atoms with Crippen molar-refractivity contribution in [3.63, 3.8) is 0 Å². The summed E-state index contributed by atoms with van der Waals surface area (Å²) >= 11 is 0. The van der Waals surface area contributed by atoms with E-state index in [2.05, 4.69) is 14.8 Å². The Kier molecular flexibility index (Phi) is 6.02. The second-order valence-corrected chi connectivity index (χ2v) is 8.59. The summed E-state index contributed by atoms with van der Waals surface area (Å²) in [5.74, 6) is 0.741. The van der Waals surface area contributed by atoms with Gasteiger partial charge in [-0.3, -0.25) is 9.47 Å². The molecule has 0 aromatic carbocycles. The third-order valence-corrected chi connectivity index (χ3v) is 7.10. The van der Waals surface area contributed by atoms with Gasteiger partial charge in [0, 0.05) is 63.7 Å². The molecule has 7 heteroatoms. The minimum absolute atomic E-state index is 0.0116. The zero-order valence-corrected chi connectivity index (χ0v) is 16.6. The summed E-state index contributed by atoms with van der Waals surface area (Å²) in [6.07, 6.45) is 8.61. The Balaban J connectivity index is 1.38. The number of aromatic amines is 1. The number of likely N-dealkylation sites (tertiary alicyclic amines) is 1. The topological polar surface area (TPSA) is 62.7 Å². The van der Waals surface area contributed by atoms with E-state index in [1.54, 1.807) is 10.8 Å². The molecule has 0 radical (unpaired) electrons. The van der Waals surface area contributed by atoms with Crippen LogP contribution in [-0.4, -0.2) is 85.0 Å². The van der Waals surface area contributed by atoms with Gasteiger partial charge in [-0.25, -0.2) is 4.79 Å². The highest BCUT2D eigenvalue weighted by Crippen LogP contribution is 2.47. The van der Waals surface area contributed by atoms with E-state index >= 15 is 0 Å². The molecule has 0 amide bonds. The van der Waals surface area contributed by atoms with Crippen LogP contribution in [0.2, 0.25) is 0 Å². The monoisotopic (exact) mass is 378 g/mol. The first kappa shape index (κ1) is 19.2. The molecule has 1 aliphatic carbocycles. The molecule has 1 aromatic rings. The van der Waals surface area contributed by atoms with Gasteiger partial charge in [0.25, 0.3) is 0 Å². The van der Waals surface area contributed by atoms with Crippen LogP contribution in [0.1, 0.15) is 25.7 Å². The van der Waals surface area contributed by atoms with Gasteiger partial charge in [-0.2, -0.15) is 0 Å². The summed E-state index contributed by atoms with van der Waals surface area (Å²) in [7, 11) is 1.85. The van der Waals surface area contributed by atoms with Crippen molar-refractivity contribution in [3.05, 3.63) is 22.9 Å². The van der Waals surface area contributed by atoms with Crippen molar-refractivity contribution in [2.45, 2.75) is 38.3 Å². The van der Waals surface area contributed by atoms with Gasteiger partial charge in [-0.15, -0.1) is 0 Å². The number of H-pyrrole nitrogens is 1. The standard InChI is InChI=1S/C20H34N4O3/c1-26-16-20-4-2-18(23-10-12-27-13-11-23)14-17(20)3-6-22(15-20)8-9-24-7-5-21-19(24)25/h5,7,17-18H,2-4,6,8-16H2,1H3,(H,21,25)/t17-,18-,20+/m1/s1. The minimum atomic E-state index is -0.0116. The summed E-state index contributed by atoms with van der Waals surface area (Å²) in [6.45, 7) is 8.72. The molecular weight excluding hydrogens is 344 g/mol. The van der Waals surface area contributed by atoms with Gasteiger partial charge in [-0.1, -0.05) is 0 Å². The Hall–Kier alpha value is -1.15. The molecule has 3 atom stereocenters. The number of imidazole rings is 1. The summed E-state index contributed by atoms with van der Waals surface area (Å²) in [5, 5.41) is 0. The van der Waals surface area contributed by atoms with Crippen LogP contribution in [0.4, 0.5) is 0 Å². The van der Waals surface area contributed by atoms with Gasteiger partial charge >= 0.3 is 5.69 Å². The van der Waals surface area contributed by atoms with E-state index < -0.39 is 0 Å². The number of nitrogens with one attached hydrogen (secondary N) is 1. The van der Waals surface area contributed by atoms with Crippen LogP contribution in [0.5, 0.6) is 0 Å². The summed E-state index contributed by atoms with van der Waals surface area (Å²) in [5.41, 5.74) is 0.265. The van der Waals surface area contributed by atoms with E-state index in [4.69, 9.17) is 9.47 Å². The highest BCUT2D eigenvalue weighted by molar-refractivity contribution is 5.00. The lowest BCUT2D eigenvalue weighted by atomic mass is 9.62. The molecule has 27 heavy (non-hydrogen) atoms. The predicted molar refractivity (Wildman–Crippen MR) is 104 cm³/mol. The van der Waals surface area contributed by atoms with Crippen LogP contribution in [-0.2, 0) is 16.0 Å². The SMILES string of the molecule is COC[C@@]12CC[C@@H](N3CCOCC3)C[C@H]1CCN(CCn1cc[nH]c1=O)C2. The van der Waals surface area contributed by atoms with Crippen molar-refractivity contribution < 1.29 is 9.47 Å². The fourth-order valence-corrected chi connectivity index (χ4v) is 5.61. The van der Waals surface area contributed by atoms with Gasteiger partial charge in [0.2, 0.25) is 0 Å². The fourth-order valence-electron chi connectivity index (χ4n) is 5.61. The molecule has 2 aliphatic heterocycles. The number of hydrogen-bond donors (Lipinski definition) is 1. The molecular formula is C20H34N4O3. The quantitative estimate of drug-likeness (QED) is 0.801. The minimum Gasteiger partial charge on any atom is -0.384 e. The van der Waals surface area contributed by atoms with Crippen LogP contribution in [0.3, 0.4) is 0 Å². The third-order valence-electron chi connectivity index (χ3n) is 7.10. The smallest absolute Gasteiger partial charge is 0.325 e. The first-order valence-electron chi connectivity index (χ1n) is 10.5. The van der Waals surface area contributed by atoms with Crippen LogP contribution in [0.15, 0.2) is 17.2 Å². The van der Waals surface area contributed by atoms with Crippen LogP contribution in [0.25, 0.3) is 0 Å². The number of methoxy groups -OCH3 is 1.